The lowest BCUT2D eigenvalue weighted by molar-refractivity contribution is 0.116. The minimum atomic E-state index is 0.633. The molecular formula is C26H27N3O. The highest BCUT2D eigenvalue weighted by Crippen LogP contribution is 2.31. The summed E-state index contributed by atoms with van der Waals surface area (Å²) in [5.41, 5.74) is 5.71. The van der Waals surface area contributed by atoms with E-state index in [9.17, 15) is 0 Å². The number of unbranched alkanes of at least 4 members (excludes halogenated alkanes) is 2. The Hall–Kier alpha value is -3.24. The Morgan fingerprint density at radius 2 is 1.53 bits per heavy atom. The molecule has 0 radical (unpaired) electrons. The number of aryl methyl sites for hydroxylation is 1. The molecule has 0 fully saturated rings. The lowest BCUT2D eigenvalue weighted by atomic mass is 10.0. The maximum Gasteiger partial charge on any atom is 0.0963 e. The molecule has 2 heterocycles. The molecule has 4 heteroatoms. The van der Waals surface area contributed by atoms with E-state index in [-0.39, 0.29) is 0 Å². The first kappa shape index (κ1) is 20.0. The number of benzene rings is 2. The van der Waals surface area contributed by atoms with Crippen LogP contribution in [0.3, 0.4) is 0 Å². The van der Waals surface area contributed by atoms with Gasteiger partial charge in [0.05, 0.1) is 24.3 Å². The van der Waals surface area contributed by atoms with Crippen LogP contribution in [0, 0.1) is 0 Å². The molecule has 0 N–H and O–H groups in total. The van der Waals surface area contributed by atoms with E-state index < -0.39 is 0 Å². The lowest BCUT2D eigenvalue weighted by Gasteiger charge is -2.11. The molecule has 0 aliphatic heterocycles. The first-order chi connectivity index (χ1) is 14.9. The predicted octanol–water partition coefficient (Wildman–Crippen LogP) is 6.00. The lowest BCUT2D eigenvalue weighted by Crippen LogP contribution is -2.01. The molecule has 4 nitrogen and oxygen atoms in total. The van der Waals surface area contributed by atoms with Gasteiger partial charge in [-0.25, -0.2) is 4.98 Å². The van der Waals surface area contributed by atoms with Crippen LogP contribution in [0.15, 0.2) is 91.5 Å². The minimum Gasteiger partial charge on any atom is -0.377 e. The highest BCUT2D eigenvalue weighted by Gasteiger charge is 2.14. The standard InChI is InChI=1S/C26H27N3O/c1-4-12-23(13-5-1)25-26(24-14-6-2-7-15-24)29(21-28-25)17-8-3-9-18-30-20-22-11-10-16-27-19-22/h1-2,4-7,10-16,19,21H,3,8-9,17-18,20H2. The van der Waals surface area contributed by atoms with Crippen LogP contribution in [0.2, 0.25) is 0 Å². The molecule has 2 aromatic carbocycles. The van der Waals surface area contributed by atoms with Gasteiger partial charge in [0.15, 0.2) is 0 Å². The number of ether oxygens (including phenoxy) is 1. The molecule has 0 atom stereocenters. The molecule has 30 heavy (non-hydrogen) atoms. The third-order valence-electron chi connectivity index (χ3n) is 5.11. The molecule has 0 amide bonds. The van der Waals surface area contributed by atoms with E-state index in [4.69, 9.17) is 9.72 Å². The number of hydrogen-bond acceptors (Lipinski definition) is 3. The second kappa shape index (κ2) is 10.5. The molecule has 0 aliphatic carbocycles. The molecule has 0 saturated heterocycles. The zero-order chi connectivity index (χ0) is 20.4. The summed E-state index contributed by atoms with van der Waals surface area (Å²) in [5, 5.41) is 0. The quantitative estimate of drug-likeness (QED) is 0.308. The maximum atomic E-state index is 5.77. The van der Waals surface area contributed by atoms with E-state index in [2.05, 4.69) is 64.1 Å². The highest BCUT2D eigenvalue weighted by atomic mass is 16.5. The van der Waals surface area contributed by atoms with Crippen molar-refractivity contribution in [2.45, 2.75) is 32.4 Å². The van der Waals surface area contributed by atoms with Crippen molar-refractivity contribution >= 4 is 0 Å². The van der Waals surface area contributed by atoms with E-state index in [0.717, 1.165) is 49.2 Å². The number of nitrogens with zero attached hydrogens (tertiary/aromatic N) is 3. The second-order valence-electron chi connectivity index (χ2n) is 7.34. The Kier molecular flexibility index (Phi) is 7.03. The molecule has 2 aromatic heterocycles. The smallest absolute Gasteiger partial charge is 0.0963 e. The molecular weight excluding hydrogens is 370 g/mol. The van der Waals surface area contributed by atoms with Gasteiger partial charge in [-0.05, 0) is 30.9 Å². The van der Waals surface area contributed by atoms with Crippen molar-refractivity contribution in [3.8, 4) is 22.5 Å². The van der Waals surface area contributed by atoms with E-state index in [1.54, 1.807) is 6.20 Å². The Morgan fingerprint density at radius 1 is 0.767 bits per heavy atom. The van der Waals surface area contributed by atoms with Gasteiger partial charge in [0.2, 0.25) is 0 Å². The zero-order valence-electron chi connectivity index (χ0n) is 17.2. The Bertz CT molecular complexity index is 1010. The fourth-order valence-corrected chi connectivity index (χ4v) is 3.59. The summed E-state index contributed by atoms with van der Waals surface area (Å²) >= 11 is 0. The van der Waals surface area contributed by atoms with Gasteiger partial charge in [-0.15, -0.1) is 0 Å². The summed E-state index contributed by atoms with van der Waals surface area (Å²) in [6, 6.07) is 24.9. The number of aromatic nitrogens is 3. The predicted molar refractivity (Wildman–Crippen MR) is 121 cm³/mol. The van der Waals surface area contributed by atoms with Crippen molar-refractivity contribution in [2.24, 2.45) is 0 Å². The van der Waals surface area contributed by atoms with Crippen LogP contribution in [-0.4, -0.2) is 21.1 Å². The Labute approximate surface area is 178 Å². The summed E-state index contributed by atoms with van der Waals surface area (Å²) in [6.45, 7) is 2.36. The molecule has 0 unspecified atom stereocenters. The van der Waals surface area contributed by atoms with Crippen LogP contribution >= 0.6 is 0 Å². The first-order valence-corrected chi connectivity index (χ1v) is 10.5. The largest absolute Gasteiger partial charge is 0.377 e. The fourth-order valence-electron chi connectivity index (χ4n) is 3.59. The Balaban J connectivity index is 1.34. The number of imidazole rings is 1. The molecule has 0 aliphatic rings. The molecule has 0 spiro atoms. The van der Waals surface area contributed by atoms with Crippen LogP contribution < -0.4 is 0 Å². The van der Waals surface area contributed by atoms with Gasteiger partial charge >= 0.3 is 0 Å². The van der Waals surface area contributed by atoms with E-state index >= 15 is 0 Å². The van der Waals surface area contributed by atoms with Gasteiger partial charge in [0, 0.05) is 36.7 Å². The van der Waals surface area contributed by atoms with Crippen molar-refractivity contribution in [3.05, 3.63) is 97.1 Å². The fraction of sp³-hybridized carbons (Fsp3) is 0.231. The molecule has 4 aromatic rings. The van der Waals surface area contributed by atoms with Crippen LogP contribution in [0.4, 0.5) is 0 Å². The number of hydrogen-bond donors (Lipinski definition) is 0. The summed E-state index contributed by atoms with van der Waals surface area (Å²) in [5.74, 6) is 0. The monoisotopic (exact) mass is 397 g/mol. The summed E-state index contributed by atoms with van der Waals surface area (Å²) in [4.78, 5) is 8.87. The van der Waals surface area contributed by atoms with Crippen LogP contribution in [-0.2, 0) is 17.9 Å². The second-order valence-corrected chi connectivity index (χ2v) is 7.34. The number of rotatable bonds is 10. The first-order valence-electron chi connectivity index (χ1n) is 10.5. The maximum absolute atomic E-state index is 5.77. The number of pyridine rings is 1. The average Bonchev–Trinajstić information content (AvgIpc) is 3.24. The van der Waals surface area contributed by atoms with Gasteiger partial charge in [0.1, 0.15) is 0 Å². The molecule has 0 bridgehead atoms. The van der Waals surface area contributed by atoms with Crippen molar-refractivity contribution in [1.82, 2.24) is 14.5 Å². The normalized spacial score (nSPS) is 10.9. The minimum absolute atomic E-state index is 0.633. The highest BCUT2D eigenvalue weighted by molar-refractivity contribution is 5.78. The van der Waals surface area contributed by atoms with Crippen molar-refractivity contribution in [2.75, 3.05) is 6.61 Å². The topological polar surface area (TPSA) is 39.9 Å². The van der Waals surface area contributed by atoms with Crippen molar-refractivity contribution in [3.63, 3.8) is 0 Å². The molecule has 152 valence electrons. The van der Waals surface area contributed by atoms with Gasteiger partial charge in [-0.3, -0.25) is 4.98 Å². The van der Waals surface area contributed by atoms with Gasteiger partial charge in [-0.1, -0.05) is 66.7 Å². The van der Waals surface area contributed by atoms with E-state index in [1.807, 2.05) is 30.7 Å². The van der Waals surface area contributed by atoms with Crippen LogP contribution in [0.25, 0.3) is 22.5 Å². The van der Waals surface area contributed by atoms with Crippen LogP contribution in [0.5, 0.6) is 0 Å². The van der Waals surface area contributed by atoms with Crippen molar-refractivity contribution < 1.29 is 4.74 Å². The molecule has 0 saturated carbocycles. The van der Waals surface area contributed by atoms with Gasteiger partial charge < -0.3 is 9.30 Å². The zero-order valence-corrected chi connectivity index (χ0v) is 17.2. The van der Waals surface area contributed by atoms with Crippen molar-refractivity contribution in [1.29, 1.82) is 0 Å². The van der Waals surface area contributed by atoms with E-state index in [0.29, 0.717) is 6.61 Å². The SMILES string of the molecule is c1ccc(-c2ncn(CCCCCOCc3cccnc3)c2-c2ccccc2)cc1. The third-order valence-corrected chi connectivity index (χ3v) is 5.11. The average molecular weight is 398 g/mol. The summed E-state index contributed by atoms with van der Waals surface area (Å²) in [6.07, 6.45) is 8.90. The van der Waals surface area contributed by atoms with Gasteiger partial charge in [-0.2, -0.15) is 0 Å². The summed E-state index contributed by atoms with van der Waals surface area (Å²) in [7, 11) is 0. The summed E-state index contributed by atoms with van der Waals surface area (Å²) < 4.78 is 8.05. The van der Waals surface area contributed by atoms with Gasteiger partial charge in [0.25, 0.3) is 0 Å². The Morgan fingerprint density at radius 3 is 2.27 bits per heavy atom. The molecule has 4 rings (SSSR count). The van der Waals surface area contributed by atoms with Crippen LogP contribution in [0.1, 0.15) is 24.8 Å². The van der Waals surface area contributed by atoms with E-state index in [1.165, 1.54) is 11.3 Å². The third kappa shape index (κ3) is 5.22.